The Hall–Kier alpha value is -2.57. The van der Waals surface area contributed by atoms with Crippen LogP contribution in [0.4, 0.5) is 0 Å². The number of hydrogen-bond donors (Lipinski definition) is 1. The predicted octanol–water partition coefficient (Wildman–Crippen LogP) is 3.94. The molecule has 2 aromatic carbocycles. The van der Waals surface area contributed by atoms with Crippen molar-refractivity contribution in [2.75, 3.05) is 7.11 Å². The molecule has 1 aliphatic rings. The number of amides is 1. The molecule has 0 spiro atoms. The van der Waals surface area contributed by atoms with Crippen molar-refractivity contribution in [3.05, 3.63) is 69.6 Å². The van der Waals surface area contributed by atoms with E-state index in [-0.39, 0.29) is 5.91 Å². The first-order valence-corrected chi connectivity index (χ1v) is 8.55. The number of rotatable bonds is 4. The Morgan fingerprint density at radius 1 is 1.08 bits per heavy atom. The van der Waals surface area contributed by atoms with E-state index in [0.29, 0.717) is 15.1 Å². The van der Waals surface area contributed by atoms with Crippen molar-refractivity contribution < 1.29 is 9.53 Å². The van der Waals surface area contributed by atoms with Gasteiger partial charge in [-0.2, -0.15) is 5.10 Å². The van der Waals surface area contributed by atoms with Crippen molar-refractivity contribution in [2.45, 2.75) is 0 Å². The summed E-state index contributed by atoms with van der Waals surface area (Å²) in [5.41, 5.74) is 1.78. The summed E-state index contributed by atoms with van der Waals surface area (Å²) in [6.07, 6.45) is 3.39. The van der Waals surface area contributed by atoms with Crippen molar-refractivity contribution in [3.8, 4) is 5.75 Å². The minimum Gasteiger partial charge on any atom is -0.497 e. The highest BCUT2D eigenvalue weighted by molar-refractivity contribution is 8.18. The highest BCUT2D eigenvalue weighted by Gasteiger charge is 2.23. The van der Waals surface area contributed by atoms with Crippen LogP contribution in [-0.4, -0.2) is 24.4 Å². The molecule has 1 aliphatic heterocycles. The molecule has 7 heteroatoms. The number of nitrogens with one attached hydrogen (secondary N) is 1. The van der Waals surface area contributed by atoms with E-state index >= 15 is 0 Å². The maximum Gasteiger partial charge on any atom is 0.264 e. The minimum atomic E-state index is -0.193. The third kappa shape index (κ3) is 4.71. The molecule has 1 N–H and O–H groups in total. The highest BCUT2D eigenvalue weighted by atomic mass is 35.5. The van der Waals surface area contributed by atoms with Gasteiger partial charge in [0.2, 0.25) is 0 Å². The van der Waals surface area contributed by atoms with E-state index in [2.05, 4.69) is 15.5 Å². The smallest absolute Gasteiger partial charge is 0.264 e. The molecule has 5 nitrogen and oxygen atoms in total. The van der Waals surface area contributed by atoms with Crippen molar-refractivity contribution >= 4 is 46.7 Å². The Morgan fingerprint density at radius 2 is 1.76 bits per heavy atom. The van der Waals surface area contributed by atoms with Gasteiger partial charge in [0.1, 0.15) is 5.75 Å². The van der Waals surface area contributed by atoms with Crippen molar-refractivity contribution in [1.29, 1.82) is 0 Å². The summed E-state index contributed by atoms with van der Waals surface area (Å²) in [7, 11) is 1.61. The summed E-state index contributed by atoms with van der Waals surface area (Å²) < 4.78 is 5.12. The predicted molar refractivity (Wildman–Crippen MR) is 103 cm³/mol. The Bertz CT molecular complexity index is 859. The summed E-state index contributed by atoms with van der Waals surface area (Å²) in [6.45, 7) is 0. The molecule has 0 saturated carbocycles. The fourth-order valence-electron chi connectivity index (χ4n) is 2.02. The van der Waals surface area contributed by atoms with Crippen molar-refractivity contribution in [2.24, 2.45) is 10.2 Å². The summed E-state index contributed by atoms with van der Waals surface area (Å²) in [6, 6.07) is 14.7. The number of carbonyl (C=O) groups is 1. The van der Waals surface area contributed by atoms with Crippen LogP contribution in [0.5, 0.6) is 5.75 Å². The van der Waals surface area contributed by atoms with E-state index in [4.69, 9.17) is 16.3 Å². The molecule has 0 radical (unpaired) electrons. The molecular formula is C18H14ClN3O2S. The number of amidine groups is 1. The second-order valence-electron chi connectivity index (χ2n) is 5.04. The summed E-state index contributed by atoms with van der Waals surface area (Å²) >= 11 is 7.07. The molecule has 3 rings (SSSR count). The van der Waals surface area contributed by atoms with Gasteiger partial charge in [-0.1, -0.05) is 35.9 Å². The Labute approximate surface area is 154 Å². The molecule has 1 amide bonds. The Morgan fingerprint density at radius 3 is 2.44 bits per heavy atom. The molecule has 0 unspecified atom stereocenters. The van der Waals surface area contributed by atoms with Gasteiger partial charge in [-0.15, -0.1) is 5.10 Å². The van der Waals surface area contributed by atoms with E-state index in [1.165, 1.54) is 11.8 Å². The molecule has 0 aliphatic carbocycles. The van der Waals surface area contributed by atoms with Crippen LogP contribution in [0.25, 0.3) is 6.08 Å². The van der Waals surface area contributed by atoms with E-state index in [1.54, 1.807) is 31.5 Å². The first kappa shape index (κ1) is 17.3. The molecular weight excluding hydrogens is 358 g/mol. The molecule has 1 heterocycles. The lowest BCUT2D eigenvalue weighted by Gasteiger charge is -1.99. The number of benzene rings is 2. The molecule has 1 fully saturated rings. The Balaban J connectivity index is 1.68. The summed E-state index contributed by atoms with van der Waals surface area (Å²) in [4.78, 5) is 12.6. The average Bonchev–Trinajstić information content (AvgIpc) is 2.97. The van der Waals surface area contributed by atoms with Gasteiger partial charge in [0.25, 0.3) is 5.91 Å². The van der Waals surface area contributed by atoms with Crippen LogP contribution in [0, 0.1) is 0 Å². The lowest BCUT2D eigenvalue weighted by atomic mass is 10.2. The Kier molecular flexibility index (Phi) is 5.53. The van der Waals surface area contributed by atoms with E-state index in [0.717, 1.165) is 16.9 Å². The zero-order chi connectivity index (χ0) is 17.6. The number of thioether (sulfide) groups is 1. The maximum atomic E-state index is 12.0. The third-order valence-electron chi connectivity index (χ3n) is 3.29. The van der Waals surface area contributed by atoms with Gasteiger partial charge >= 0.3 is 0 Å². The first-order valence-electron chi connectivity index (χ1n) is 7.35. The number of nitrogens with zero attached hydrogens (tertiary/aromatic N) is 2. The number of carbonyl (C=O) groups excluding carboxylic acids is 1. The van der Waals surface area contributed by atoms with Crippen molar-refractivity contribution in [3.63, 3.8) is 0 Å². The van der Waals surface area contributed by atoms with Gasteiger partial charge in [-0.3, -0.25) is 10.1 Å². The second-order valence-corrected chi connectivity index (χ2v) is 6.51. The van der Waals surface area contributed by atoms with Gasteiger partial charge in [-0.05, 0) is 53.2 Å². The topological polar surface area (TPSA) is 63.1 Å². The molecule has 126 valence electrons. The lowest BCUT2D eigenvalue weighted by Crippen LogP contribution is -2.19. The maximum absolute atomic E-state index is 12.0. The zero-order valence-electron chi connectivity index (χ0n) is 13.3. The van der Waals surface area contributed by atoms with Crippen LogP contribution < -0.4 is 10.1 Å². The van der Waals surface area contributed by atoms with Crippen LogP contribution in [-0.2, 0) is 4.79 Å². The molecule has 0 atom stereocenters. The van der Waals surface area contributed by atoms with Crippen molar-refractivity contribution in [1.82, 2.24) is 5.32 Å². The standard InChI is InChI=1S/C18H14ClN3O2S/c1-24-15-8-4-12(5-9-15)10-16-17(23)21-18(25-16)22-20-11-13-2-6-14(19)7-3-13/h2-11H,1H3,(H,21,22,23). The molecule has 0 bridgehead atoms. The normalized spacial score (nSPS) is 17.4. The molecule has 1 saturated heterocycles. The van der Waals surface area contributed by atoms with Gasteiger partial charge in [-0.25, -0.2) is 0 Å². The van der Waals surface area contributed by atoms with Gasteiger partial charge in [0.15, 0.2) is 5.17 Å². The number of halogens is 1. The zero-order valence-corrected chi connectivity index (χ0v) is 14.8. The van der Waals surface area contributed by atoms with Gasteiger partial charge in [0, 0.05) is 5.02 Å². The largest absolute Gasteiger partial charge is 0.497 e. The van der Waals surface area contributed by atoms with Crippen LogP contribution in [0.1, 0.15) is 11.1 Å². The molecule has 2 aromatic rings. The quantitative estimate of drug-likeness (QED) is 0.503. The second kappa shape index (κ2) is 8.00. The monoisotopic (exact) mass is 371 g/mol. The van der Waals surface area contributed by atoms with Crippen LogP contribution in [0.3, 0.4) is 0 Å². The fourth-order valence-corrected chi connectivity index (χ4v) is 2.93. The number of hydrogen-bond acceptors (Lipinski definition) is 5. The average molecular weight is 372 g/mol. The van der Waals surface area contributed by atoms with E-state index < -0.39 is 0 Å². The van der Waals surface area contributed by atoms with Gasteiger partial charge in [0.05, 0.1) is 18.2 Å². The number of methoxy groups -OCH3 is 1. The summed E-state index contributed by atoms with van der Waals surface area (Å²) in [5, 5.41) is 11.8. The minimum absolute atomic E-state index is 0.193. The molecule has 0 aromatic heterocycles. The molecule has 25 heavy (non-hydrogen) atoms. The summed E-state index contributed by atoms with van der Waals surface area (Å²) in [5.74, 6) is 0.575. The SMILES string of the molecule is COc1ccc(C=C2SC(=NN=Cc3ccc(Cl)cc3)NC2=O)cc1. The highest BCUT2D eigenvalue weighted by Crippen LogP contribution is 2.26. The van der Waals surface area contributed by atoms with Crippen LogP contribution in [0.2, 0.25) is 5.02 Å². The number of ether oxygens (including phenoxy) is 1. The first-order chi connectivity index (χ1) is 12.1. The van der Waals surface area contributed by atoms with Crippen LogP contribution >= 0.6 is 23.4 Å². The lowest BCUT2D eigenvalue weighted by molar-refractivity contribution is -0.115. The van der Waals surface area contributed by atoms with Gasteiger partial charge < -0.3 is 4.74 Å². The van der Waals surface area contributed by atoms with E-state index in [1.807, 2.05) is 36.4 Å². The third-order valence-corrected chi connectivity index (χ3v) is 4.44. The fraction of sp³-hybridized carbons (Fsp3) is 0.0556. The van der Waals surface area contributed by atoms with E-state index in [9.17, 15) is 4.79 Å². The van der Waals surface area contributed by atoms with Crippen LogP contribution in [0.15, 0.2) is 63.6 Å².